The third kappa shape index (κ3) is 7.83. The molecular formula is C65H42GeN6. The maximum absolute atomic E-state index is 7.81. The average Bonchev–Trinajstić information content (AvgIpc) is 3.79. The van der Waals surface area contributed by atoms with Gasteiger partial charge in [0.15, 0.2) is 11.4 Å². The first-order valence-electron chi connectivity index (χ1n) is 23.8. The van der Waals surface area contributed by atoms with E-state index < -0.39 is 13.3 Å². The molecule has 0 aliphatic rings. The Bertz CT molecular complexity index is 3860. The summed E-state index contributed by atoms with van der Waals surface area (Å²) in [6, 6.07) is 89.6. The van der Waals surface area contributed by atoms with Crippen molar-refractivity contribution in [3.05, 3.63) is 278 Å². The zero-order valence-corrected chi connectivity index (χ0v) is 41.0. The van der Waals surface area contributed by atoms with Gasteiger partial charge in [-0.25, -0.2) is 9.69 Å². The van der Waals surface area contributed by atoms with Crippen LogP contribution in [-0.4, -0.2) is 32.8 Å². The summed E-state index contributed by atoms with van der Waals surface area (Å²) in [5.74, 6) is 1.68. The molecule has 0 unspecified atom stereocenters. The van der Waals surface area contributed by atoms with Crippen LogP contribution in [0, 0.1) is 13.1 Å². The Hall–Kier alpha value is -9.47. The molecule has 6 nitrogen and oxygen atoms in total. The van der Waals surface area contributed by atoms with Gasteiger partial charge >= 0.3 is 359 Å². The second kappa shape index (κ2) is 18.8. The molecule has 0 spiro atoms. The molecule has 0 radical (unpaired) electrons. The second-order valence-electron chi connectivity index (χ2n) is 17.7. The van der Waals surface area contributed by atoms with Gasteiger partial charge in [0.25, 0.3) is 0 Å². The van der Waals surface area contributed by atoms with Crippen LogP contribution in [0.1, 0.15) is 0 Å². The smallest absolute Gasteiger partial charge is 0.0513 e. The van der Waals surface area contributed by atoms with E-state index in [0.29, 0.717) is 28.8 Å². The minimum absolute atomic E-state index is 0.427. The molecule has 72 heavy (non-hydrogen) atoms. The standard InChI is InChI=1S/C65H42GeN6/c1-67-55-40-50(41-56(44-55)68-2)49-35-37-58-57-33-18-19-34-60(57)72(62(58)43-49)61-38-36-48(42-59(61)65-70-63(45-21-8-3-9-22-45)69-64(71-65)46-23-10-4-11-24-46)47-25-20-32-54(39-47)66(51-26-12-5-13-27-51,52-28-14-6-15-29-52)53-30-16-7-17-31-53/h3-44H. The Morgan fingerprint density at radius 1 is 0.319 bits per heavy atom. The van der Waals surface area contributed by atoms with Gasteiger partial charge in [0.1, 0.15) is 0 Å². The molecule has 0 bridgehead atoms. The van der Waals surface area contributed by atoms with Crippen molar-refractivity contribution in [2.75, 3.05) is 0 Å². The van der Waals surface area contributed by atoms with Crippen LogP contribution >= 0.6 is 0 Å². The van der Waals surface area contributed by atoms with Gasteiger partial charge in [-0.2, -0.15) is 0 Å². The van der Waals surface area contributed by atoms with Crippen molar-refractivity contribution in [1.29, 1.82) is 0 Å². The summed E-state index contributed by atoms with van der Waals surface area (Å²) >= 11 is -3.64. The van der Waals surface area contributed by atoms with E-state index in [0.717, 1.165) is 66.4 Å². The topological polar surface area (TPSA) is 52.3 Å². The molecule has 2 aromatic heterocycles. The molecule has 2 heterocycles. The summed E-state index contributed by atoms with van der Waals surface area (Å²) in [5.41, 5.74) is 10.1. The number of benzene rings is 10. The molecular weight excluding hydrogens is 937 g/mol. The molecule has 0 fully saturated rings. The summed E-state index contributed by atoms with van der Waals surface area (Å²) in [5, 5.41) is 2.16. The first kappa shape index (κ1) is 43.8. The Morgan fingerprint density at radius 2 is 0.764 bits per heavy atom. The summed E-state index contributed by atoms with van der Waals surface area (Å²) in [6.45, 7) is 15.6. The maximum atomic E-state index is 7.81. The van der Waals surface area contributed by atoms with Crippen LogP contribution < -0.4 is 17.6 Å². The molecule has 336 valence electrons. The SMILES string of the molecule is [C-]#[N+]c1cc([N+]#[C-])cc(-c2ccc3c4ccccc4n(-c4ccc(-c5ccc[c]([Ge]([c]6ccccc6)([c]6ccccc6)[c]6ccccc6)c5)cc4-c4nc(-c5ccccc5)nc(-c5ccccc5)n4)c3c2)c1. The average molecular weight is 980 g/mol. The fraction of sp³-hybridized carbons (Fsp3) is 0. The third-order valence-electron chi connectivity index (χ3n) is 13.6. The van der Waals surface area contributed by atoms with Gasteiger partial charge in [0, 0.05) is 0 Å². The quantitative estimate of drug-likeness (QED) is 0.101. The van der Waals surface area contributed by atoms with Gasteiger partial charge < -0.3 is 0 Å². The first-order chi connectivity index (χ1) is 35.6. The summed E-state index contributed by atoms with van der Waals surface area (Å²) in [4.78, 5) is 23.3. The minimum atomic E-state index is -3.64. The molecule has 12 rings (SSSR count). The van der Waals surface area contributed by atoms with Crippen LogP contribution in [0.25, 0.3) is 93.6 Å². The van der Waals surface area contributed by atoms with Gasteiger partial charge in [0.05, 0.1) is 13.1 Å². The normalized spacial score (nSPS) is 11.3. The summed E-state index contributed by atoms with van der Waals surface area (Å²) in [7, 11) is 0. The number of hydrogen-bond acceptors (Lipinski definition) is 3. The maximum Gasteiger partial charge on any atom is -0.0513 e. The zero-order chi connectivity index (χ0) is 48.4. The van der Waals surface area contributed by atoms with Gasteiger partial charge in [-0.05, 0) is 0 Å². The summed E-state index contributed by atoms with van der Waals surface area (Å²) < 4.78 is 7.69. The Labute approximate surface area is 420 Å². The predicted octanol–water partition coefficient (Wildman–Crippen LogP) is 13.8. The summed E-state index contributed by atoms with van der Waals surface area (Å²) in [6.07, 6.45) is 0. The minimum Gasteiger partial charge on any atom is -0.0513 e. The van der Waals surface area contributed by atoms with E-state index >= 15 is 0 Å². The monoisotopic (exact) mass is 980 g/mol. The molecule has 0 atom stereocenters. The van der Waals surface area contributed by atoms with Gasteiger partial charge in [-0.3, -0.25) is 0 Å². The Morgan fingerprint density at radius 3 is 1.33 bits per heavy atom. The van der Waals surface area contributed by atoms with E-state index in [4.69, 9.17) is 28.1 Å². The largest absolute Gasteiger partial charge is 0.0513 e. The van der Waals surface area contributed by atoms with Crippen molar-refractivity contribution < 1.29 is 0 Å². The molecule has 0 aliphatic heterocycles. The fourth-order valence-electron chi connectivity index (χ4n) is 10.3. The van der Waals surface area contributed by atoms with E-state index in [1.807, 2.05) is 72.8 Å². The zero-order valence-electron chi connectivity index (χ0n) is 38.9. The van der Waals surface area contributed by atoms with Crippen LogP contribution in [0.2, 0.25) is 0 Å². The van der Waals surface area contributed by atoms with Crippen LogP contribution in [0.5, 0.6) is 0 Å². The molecule has 0 aliphatic carbocycles. The molecule has 7 heteroatoms. The van der Waals surface area contributed by atoms with Gasteiger partial charge in [-0.1, -0.05) is 30.3 Å². The van der Waals surface area contributed by atoms with E-state index in [9.17, 15) is 0 Å². The van der Waals surface area contributed by atoms with Crippen LogP contribution in [0.3, 0.4) is 0 Å². The number of rotatable bonds is 10. The second-order valence-corrected chi connectivity index (χ2v) is 25.7. The van der Waals surface area contributed by atoms with Crippen molar-refractivity contribution in [3.63, 3.8) is 0 Å². The number of hydrogen-bond donors (Lipinski definition) is 0. The number of aromatic nitrogens is 4. The first-order valence-corrected chi connectivity index (χ1v) is 28.0. The van der Waals surface area contributed by atoms with E-state index in [2.05, 4.69) is 190 Å². The van der Waals surface area contributed by atoms with Crippen molar-refractivity contribution in [1.82, 2.24) is 19.5 Å². The molecule has 0 N–H and O–H groups in total. The van der Waals surface area contributed by atoms with E-state index in [1.54, 1.807) is 6.07 Å². The van der Waals surface area contributed by atoms with E-state index in [-0.39, 0.29) is 0 Å². The fourth-order valence-corrected chi connectivity index (χ4v) is 20.4. The Kier molecular flexibility index (Phi) is 11.4. The number of fused-ring (bicyclic) bond motifs is 3. The van der Waals surface area contributed by atoms with Crippen LogP contribution in [0.4, 0.5) is 11.4 Å². The van der Waals surface area contributed by atoms with Crippen molar-refractivity contribution in [2.45, 2.75) is 0 Å². The van der Waals surface area contributed by atoms with Crippen molar-refractivity contribution >= 4 is 64.0 Å². The van der Waals surface area contributed by atoms with Crippen LogP contribution in [-0.2, 0) is 0 Å². The molecule has 0 saturated heterocycles. The van der Waals surface area contributed by atoms with Crippen LogP contribution in [0.15, 0.2) is 255 Å². The third-order valence-corrected chi connectivity index (χ3v) is 23.6. The predicted molar refractivity (Wildman–Crippen MR) is 297 cm³/mol. The van der Waals surface area contributed by atoms with Crippen molar-refractivity contribution in [3.8, 4) is 62.1 Å². The molecule has 12 aromatic rings. The Balaban J connectivity index is 1.14. The molecule has 0 saturated carbocycles. The number of nitrogens with zero attached hydrogens (tertiary/aromatic N) is 6. The number of para-hydroxylation sites is 1. The van der Waals surface area contributed by atoms with E-state index in [1.165, 1.54) is 17.6 Å². The van der Waals surface area contributed by atoms with Crippen molar-refractivity contribution in [2.24, 2.45) is 0 Å². The van der Waals surface area contributed by atoms with Gasteiger partial charge in [-0.15, -0.1) is 0 Å². The van der Waals surface area contributed by atoms with Gasteiger partial charge in [0.2, 0.25) is 0 Å². The molecule has 10 aromatic carbocycles. The molecule has 0 amide bonds.